The van der Waals surface area contributed by atoms with Crippen LogP contribution in [0.15, 0.2) is 98.4 Å². The molecule has 0 atom stereocenters. The van der Waals surface area contributed by atoms with Crippen molar-refractivity contribution in [2.75, 3.05) is 0 Å². The third-order valence-electron chi connectivity index (χ3n) is 2.72. The number of rotatable bonds is 4. The summed E-state index contributed by atoms with van der Waals surface area (Å²) in [6.07, 6.45) is 0. The Kier molecular flexibility index (Phi) is 4.46. The fourth-order valence-electron chi connectivity index (χ4n) is 1.79. The molecule has 0 nitrogen and oxygen atoms in total. The third-order valence-corrected chi connectivity index (χ3v) is 4.98. The molecule has 0 heterocycles. The van der Waals surface area contributed by atoms with Gasteiger partial charge in [-0.15, -0.1) is 0 Å². The second-order valence-corrected chi connectivity index (χ2v) is 6.39. The fraction of sp³-hybridized carbons (Fsp3) is 0. The first kappa shape index (κ1) is 13.3. The van der Waals surface area contributed by atoms with Gasteiger partial charge in [-0.05, 0) is 36.4 Å². The molecule has 3 rings (SSSR count). The van der Waals surface area contributed by atoms with Gasteiger partial charge < -0.3 is 0 Å². The maximum atomic E-state index is 3.26. The quantitative estimate of drug-likeness (QED) is 0.597. The zero-order chi connectivity index (χ0) is 13.6. The summed E-state index contributed by atoms with van der Waals surface area (Å²) in [6.45, 7) is 0. The van der Waals surface area contributed by atoms with Gasteiger partial charge in [-0.25, -0.2) is 0 Å². The summed E-state index contributed by atoms with van der Waals surface area (Å²) in [5, 5.41) is 0. The fourth-order valence-corrected chi connectivity index (χ4v) is 3.73. The molecule has 0 unspecified atom stereocenters. The van der Waals surface area contributed by atoms with Gasteiger partial charge in [0.2, 0.25) is 0 Å². The minimum absolute atomic E-state index is 1.15. The van der Waals surface area contributed by atoms with Crippen molar-refractivity contribution in [2.45, 2.75) is 19.6 Å². The van der Waals surface area contributed by atoms with Crippen LogP contribution in [0.5, 0.6) is 0 Å². The van der Waals surface area contributed by atoms with Crippen molar-refractivity contribution in [1.82, 2.24) is 0 Å². The van der Waals surface area contributed by atoms with Gasteiger partial charge in [0.25, 0.3) is 0 Å². The Labute approximate surface area is 128 Å². The van der Waals surface area contributed by atoms with Crippen molar-refractivity contribution >= 4 is 23.5 Å². The van der Waals surface area contributed by atoms with Gasteiger partial charge in [0.05, 0.1) is 0 Å². The highest BCUT2D eigenvalue weighted by atomic mass is 32.2. The van der Waals surface area contributed by atoms with Gasteiger partial charge in [0.15, 0.2) is 0 Å². The van der Waals surface area contributed by atoms with Crippen LogP contribution in [0.2, 0.25) is 0 Å². The zero-order valence-electron chi connectivity index (χ0n) is 10.8. The second-order valence-electron chi connectivity index (χ2n) is 4.19. The lowest BCUT2D eigenvalue weighted by molar-refractivity contribution is 1.23. The normalized spacial score (nSPS) is 10.4. The van der Waals surface area contributed by atoms with E-state index in [0.29, 0.717) is 0 Å². The molecular weight excluding hydrogens is 280 g/mol. The van der Waals surface area contributed by atoms with E-state index in [0.717, 1.165) is 4.90 Å². The van der Waals surface area contributed by atoms with Crippen LogP contribution in [0, 0.1) is 6.07 Å². The molecule has 0 bridgehead atoms. The molecule has 0 amide bonds. The van der Waals surface area contributed by atoms with Gasteiger partial charge in [-0.1, -0.05) is 72.1 Å². The van der Waals surface area contributed by atoms with Gasteiger partial charge in [0, 0.05) is 19.6 Å². The van der Waals surface area contributed by atoms with Gasteiger partial charge >= 0.3 is 0 Å². The third kappa shape index (κ3) is 3.47. The highest BCUT2D eigenvalue weighted by Gasteiger charge is 2.05. The molecule has 0 aliphatic heterocycles. The van der Waals surface area contributed by atoms with Gasteiger partial charge in [0.1, 0.15) is 0 Å². The summed E-state index contributed by atoms with van der Waals surface area (Å²) in [7, 11) is 0. The molecule has 1 radical (unpaired) electrons. The van der Waals surface area contributed by atoms with Crippen LogP contribution in [0.4, 0.5) is 0 Å². The number of benzene rings is 3. The molecule has 0 saturated heterocycles. The van der Waals surface area contributed by atoms with E-state index in [9.17, 15) is 0 Å². The molecule has 0 saturated carbocycles. The summed E-state index contributed by atoms with van der Waals surface area (Å²) in [4.78, 5) is 4.95. The minimum atomic E-state index is 1.15. The van der Waals surface area contributed by atoms with Crippen molar-refractivity contribution in [3.63, 3.8) is 0 Å². The first-order valence-electron chi connectivity index (χ1n) is 6.38. The Morgan fingerprint density at radius 3 is 1.95 bits per heavy atom. The average Bonchev–Trinajstić information content (AvgIpc) is 2.51. The van der Waals surface area contributed by atoms with Crippen molar-refractivity contribution in [1.29, 1.82) is 0 Å². The summed E-state index contributed by atoms with van der Waals surface area (Å²) in [5.41, 5.74) is 0. The molecule has 0 N–H and O–H groups in total. The Hall–Kier alpha value is -1.64. The van der Waals surface area contributed by atoms with Gasteiger partial charge in [-0.2, -0.15) is 0 Å². The molecule has 3 aromatic carbocycles. The highest BCUT2D eigenvalue weighted by Crippen LogP contribution is 2.38. The second kappa shape index (κ2) is 6.69. The minimum Gasteiger partial charge on any atom is -0.0889 e. The molecule has 2 heteroatoms. The predicted octanol–water partition coefficient (Wildman–Crippen LogP) is 5.79. The topological polar surface area (TPSA) is 0 Å². The predicted molar refractivity (Wildman–Crippen MR) is 86.4 cm³/mol. The van der Waals surface area contributed by atoms with Crippen LogP contribution < -0.4 is 0 Å². The lowest BCUT2D eigenvalue weighted by Gasteiger charge is -2.08. The maximum Gasteiger partial charge on any atom is 0.0262 e. The van der Waals surface area contributed by atoms with E-state index >= 15 is 0 Å². The first-order chi connectivity index (χ1) is 9.92. The smallest absolute Gasteiger partial charge is 0.0262 e. The monoisotopic (exact) mass is 293 g/mol. The lowest BCUT2D eigenvalue weighted by atomic mass is 10.4. The molecule has 97 valence electrons. The molecule has 0 aromatic heterocycles. The standard InChI is InChI=1S/C18H13S2/c1-3-9-15(10-4-1)19-17-13-7-8-14-18(17)20-16-11-5-2-6-12-16/h1-11,13-14H. The first-order valence-corrected chi connectivity index (χ1v) is 8.01. The Balaban J connectivity index is 1.85. The van der Waals surface area contributed by atoms with E-state index < -0.39 is 0 Å². The number of hydrogen-bond donors (Lipinski definition) is 0. The SMILES string of the molecule is [c]1ccccc1Sc1ccccc1Sc1ccccc1. The van der Waals surface area contributed by atoms with Gasteiger partial charge in [-0.3, -0.25) is 0 Å². The van der Waals surface area contributed by atoms with E-state index in [-0.39, 0.29) is 0 Å². The molecule has 0 aliphatic rings. The Bertz CT molecular complexity index is 603. The molecular formula is C18H13S2. The van der Waals surface area contributed by atoms with E-state index in [4.69, 9.17) is 0 Å². The highest BCUT2D eigenvalue weighted by molar-refractivity contribution is 8.02. The average molecular weight is 293 g/mol. The van der Waals surface area contributed by atoms with E-state index in [1.165, 1.54) is 14.7 Å². The Morgan fingerprint density at radius 2 is 1.25 bits per heavy atom. The van der Waals surface area contributed by atoms with Crippen LogP contribution in [-0.2, 0) is 0 Å². The summed E-state index contributed by atoms with van der Waals surface area (Å²) in [6, 6.07) is 30.3. The Morgan fingerprint density at radius 1 is 0.600 bits per heavy atom. The molecule has 3 aromatic rings. The number of hydrogen-bond acceptors (Lipinski definition) is 2. The summed E-state index contributed by atoms with van der Waals surface area (Å²) in [5.74, 6) is 0. The summed E-state index contributed by atoms with van der Waals surface area (Å²) >= 11 is 3.56. The van der Waals surface area contributed by atoms with Crippen LogP contribution in [0.25, 0.3) is 0 Å². The molecule has 0 fully saturated rings. The maximum absolute atomic E-state index is 3.26. The zero-order valence-corrected chi connectivity index (χ0v) is 12.5. The van der Waals surface area contributed by atoms with E-state index in [1.54, 1.807) is 23.5 Å². The van der Waals surface area contributed by atoms with Crippen molar-refractivity contribution in [2.24, 2.45) is 0 Å². The summed E-state index contributed by atoms with van der Waals surface area (Å²) < 4.78 is 0. The van der Waals surface area contributed by atoms with Crippen molar-refractivity contribution in [3.8, 4) is 0 Å². The van der Waals surface area contributed by atoms with Crippen LogP contribution >= 0.6 is 23.5 Å². The molecule has 0 spiro atoms. The van der Waals surface area contributed by atoms with E-state index in [1.807, 2.05) is 24.3 Å². The van der Waals surface area contributed by atoms with E-state index in [2.05, 4.69) is 60.7 Å². The largest absolute Gasteiger partial charge is 0.0889 e. The van der Waals surface area contributed by atoms with Crippen LogP contribution in [0.1, 0.15) is 0 Å². The van der Waals surface area contributed by atoms with Crippen LogP contribution in [-0.4, -0.2) is 0 Å². The van der Waals surface area contributed by atoms with Crippen molar-refractivity contribution < 1.29 is 0 Å². The van der Waals surface area contributed by atoms with Crippen molar-refractivity contribution in [3.05, 3.63) is 84.9 Å². The van der Waals surface area contributed by atoms with Crippen LogP contribution in [0.3, 0.4) is 0 Å². The lowest BCUT2D eigenvalue weighted by Crippen LogP contribution is -1.79. The molecule has 20 heavy (non-hydrogen) atoms. The molecule has 0 aliphatic carbocycles.